The van der Waals surface area contributed by atoms with Crippen LogP contribution in [0.25, 0.3) is 0 Å². The Hall–Kier alpha value is -5.49. The minimum Gasteiger partial charge on any atom is -0.493 e. The van der Waals surface area contributed by atoms with Crippen molar-refractivity contribution in [1.82, 2.24) is 0 Å². The Bertz CT molecular complexity index is 1630. The van der Waals surface area contributed by atoms with E-state index < -0.39 is 17.7 Å². The van der Waals surface area contributed by atoms with Crippen LogP contribution in [0, 0.1) is 17.1 Å². The van der Waals surface area contributed by atoms with Crippen molar-refractivity contribution in [3.8, 4) is 34.8 Å². The minimum atomic E-state index is -0.668. The van der Waals surface area contributed by atoms with Gasteiger partial charge >= 0.3 is 5.97 Å². The molecule has 4 aromatic rings. The number of esters is 1. The first kappa shape index (κ1) is 27.1. The summed E-state index contributed by atoms with van der Waals surface area (Å²) in [6.45, 7) is -0.0192. The third-order valence-electron chi connectivity index (χ3n) is 6.35. The molecule has 0 bridgehead atoms. The van der Waals surface area contributed by atoms with Crippen LogP contribution in [0.15, 0.2) is 102 Å². The van der Waals surface area contributed by atoms with Crippen molar-refractivity contribution in [1.29, 1.82) is 5.26 Å². The molecule has 0 aliphatic carbocycles. The van der Waals surface area contributed by atoms with Crippen LogP contribution < -0.4 is 29.4 Å². The van der Waals surface area contributed by atoms with Crippen LogP contribution in [0.2, 0.25) is 0 Å². The molecule has 206 valence electrons. The Labute approximate surface area is 235 Å². The largest absolute Gasteiger partial charge is 0.493 e. The third kappa shape index (κ3) is 6.23. The summed E-state index contributed by atoms with van der Waals surface area (Å²) < 4.78 is 41.1. The Morgan fingerprint density at radius 1 is 0.951 bits per heavy atom. The summed E-state index contributed by atoms with van der Waals surface area (Å²) in [5, 5.41) is 9.92. The molecule has 5 rings (SSSR count). The second kappa shape index (κ2) is 12.1. The minimum absolute atomic E-state index is 0.0588. The lowest BCUT2D eigenvalue weighted by molar-refractivity contribution is -0.136. The number of halogens is 1. The molecule has 0 amide bonds. The van der Waals surface area contributed by atoms with Crippen LogP contribution in [0.1, 0.15) is 22.6 Å². The summed E-state index contributed by atoms with van der Waals surface area (Å²) in [5.74, 6) is 0.203. The normalized spacial score (nSPS) is 13.8. The number of carbonyl (C=O) groups is 1. The molecule has 1 atom stereocenters. The fourth-order valence-corrected chi connectivity index (χ4v) is 4.39. The van der Waals surface area contributed by atoms with Crippen LogP contribution in [0.4, 0.5) is 4.39 Å². The van der Waals surface area contributed by atoms with Gasteiger partial charge < -0.3 is 29.4 Å². The zero-order valence-electron chi connectivity index (χ0n) is 22.0. The average molecular weight is 553 g/mol. The highest BCUT2D eigenvalue weighted by Crippen LogP contribution is 2.45. The number of ether oxygens (including phenoxy) is 5. The van der Waals surface area contributed by atoms with Gasteiger partial charge in [-0.25, -0.2) is 9.18 Å². The molecule has 0 saturated heterocycles. The van der Waals surface area contributed by atoms with Crippen LogP contribution in [0.3, 0.4) is 0 Å². The molecule has 1 unspecified atom stereocenters. The molecule has 0 fully saturated rings. The van der Waals surface area contributed by atoms with Crippen LogP contribution >= 0.6 is 0 Å². The third-order valence-corrected chi connectivity index (χ3v) is 6.35. The zero-order valence-corrected chi connectivity index (χ0v) is 22.0. The van der Waals surface area contributed by atoms with Gasteiger partial charge in [0.15, 0.2) is 18.1 Å². The predicted molar refractivity (Wildman–Crippen MR) is 147 cm³/mol. The van der Waals surface area contributed by atoms with Crippen molar-refractivity contribution in [2.75, 3.05) is 13.7 Å². The van der Waals surface area contributed by atoms with E-state index in [0.29, 0.717) is 35.2 Å². The van der Waals surface area contributed by atoms with E-state index in [1.165, 1.54) is 30.3 Å². The number of allylic oxidation sites excluding steroid dienone is 1. The van der Waals surface area contributed by atoms with Gasteiger partial charge in [-0.2, -0.15) is 5.26 Å². The molecule has 2 N–H and O–H groups in total. The topological polar surface area (TPSA) is 113 Å². The maximum atomic E-state index is 13.1. The summed E-state index contributed by atoms with van der Waals surface area (Å²) >= 11 is 0. The molecule has 0 aromatic heterocycles. The Balaban J connectivity index is 1.35. The summed E-state index contributed by atoms with van der Waals surface area (Å²) in [6.07, 6.45) is 0. The Morgan fingerprint density at radius 2 is 1.71 bits per heavy atom. The fraction of sp³-hybridized carbons (Fsp3) is 0.125. The Kier molecular flexibility index (Phi) is 8.02. The quantitative estimate of drug-likeness (QED) is 0.210. The van der Waals surface area contributed by atoms with E-state index >= 15 is 0 Å². The van der Waals surface area contributed by atoms with Gasteiger partial charge in [-0.3, -0.25) is 0 Å². The number of hydrogen-bond acceptors (Lipinski definition) is 8. The van der Waals surface area contributed by atoms with Crippen LogP contribution in [-0.2, 0) is 11.4 Å². The lowest BCUT2D eigenvalue weighted by Gasteiger charge is -2.27. The molecule has 1 aliphatic rings. The molecule has 0 radical (unpaired) electrons. The van der Waals surface area contributed by atoms with Gasteiger partial charge in [-0.05, 0) is 53.6 Å². The maximum absolute atomic E-state index is 13.1. The highest BCUT2D eigenvalue weighted by Gasteiger charge is 2.32. The first-order chi connectivity index (χ1) is 19.9. The lowest BCUT2D eigenvalue weighted by Crippen LogP contribution is -2.21. The van der Waals surface area contributed by atoms with Gasteiger partial charge in [-0.1, -0.05) is 42.5 Å². The number of fused-ring (bicyclic) bond motifs is 1. The SMILES string of the molecule is COc1cc(C2C(C#N)=C(N)Oc3cc(OC(=O)COc4ccc(F)cc4)ccc32)ccc1OCc1ccccc1. The number of hydrogen-bond donors (Lipinski definition) is 1. The van der Waals surface area contributed by atoms with E-state index in [4.69, 9.17) is 29.4 Å². The van der Waals surface area contributed by atoms with Crippen molar-refractivity contribution in [2.24, 2.45) is 5.73 Å². The summed E-state index contributed by atoms with van der Waals surface area (Å²) in [7, 11) is 1.54. The predicted octanol–water partition coefficient (Wildman–Crippen LogP) is 5.62. The average Bonchev–Trinajstić information content (AvgIpc) is 2.99. The van der Waals surface area contributed by atoms with E-state index in [9.17, 15) is 14.4 Å². The second-order valence-electron chi connectivity index (χ2n) is 9.03. The summed E-state index contributed by atoms with van der Waals surface area (Å²) in [5.41, 5.74) is 8.77. The van der Waals surface area contributed by atoms with Gasteiger partial charge in [0.05, 0.1) is 13.0 Å². The number of nitrogens with zero attached hydrogens (tertiary/aromatic N) is 1. The van der Waals surface area contributed by atoms with E-state index in [1.54, 1.807) is 31.4 Å². The van der Waals surface area contributed by atoms with Crippen molar-refractivity contribution >= 4 is 5.97 Å². The molecule has 9 heteroatoms. The van der Waals surface area contributed by atoms with Crippen molar-refractivity contribution in [3.05, 3.63) is 125 Å². The summed E-state index contributed by atoms with van der Waals surface area (Å²) in [6, 6.07) is 27.4. The van der Waals surface area contributed by atoms with E-state index in [-0.39, 0.29) is 23.8 Å². The Morgan fingerprint density at radius 3 is 2.44 bits per heavy atom. The highest BCUT2D eigenvalue weighted by molar-refractivity contribution is 5.74. The fourth-order valence-electron chi connectivity index (χ4n) is 4.39. The first-order valence-corrected chi connectivity index (χ1v) is 12.6. The molecule has 41 heavy (non-hydrogen) atoms. The van der Waals surface area contributed by atoms with Crippen molar-refractivity contribution in [2.45, 2.75) is 12.5 Å². The van der Waals surface area contributed by atoms with Crippen LogP contribution in [-0.4, -0.2) is 19.7 Å². The van der Waals surface area contributed by atoms with Crippen molar-refractivity contribution < 1.29 is 32.9 Å². The molecular weight excluding hydrogens is 527 g/mol. The molecule has 8 nitrogen and oxygen atoms in total. The molecule has 1 heterocycles. The number of nitrogens with two attached hydrogens (primary N) is 1. The van der Waals surface area contributed by atoms with E-state index in [1.807, 2.05) is 36.4 Å². The number of rotatable bonds is 9. The molecule has 4 aromatic carbocycles. The molecular formula is C32H25FN2O6. The van der Waals surface area contributed by atoms with Gasteiger partial charge in [0, 0.05) is 11.6 Å². The monoisotopic (exact) mass is 552 g/mol. The lowest BCUT2D eigenvalue weighted by atomic mass is 9.83. The number of carbonyl (C=O) groups excluding carboxylic acids is 1. The van der Waals surface area contributed by atoms with Gasteiger partial charge in [0.25, 0.3) is 0 Å². The summed E-state index contributed by atoms with van der Waals surface area (Å²) in [4.78, 5) is 12.4. The highest BCUT2D eigenvalue weighted by atomic mass is 19.1. The van der Waals surface area contributed by atoms with E-state index in [2.05, 4.69) is 6.07 Å². The van der Waals surface area contributed by atoms with Gasteiger partial charge in [0.2, 0.25) is 5.88 Å². The first-order valence-electron chi connectivity index (χ1n) is 12.6. The van der Waals surface area contributed by atoms with Gasteiger partial charge in [-0.15, -0.1) is 0 Å². The number of benzene rings is 4. The number of methoxy groups -OCH3 is 1. The molecule has 0 saturated carbocycles. The molecule has 1 aliphatic heterocycles. The van der Waals surface area contributed by atoms with E-state index in [0.717, 1.165) is 11.1 Å². The van der Waals surface area contributed by atoms with Crippen molar-refractivity contribution in [3.63, 3.8) is 0 Å². The maximum Gasteiger partial charge on any atom is 0.349 e. The molecule has 0 spiro atoms. The number of nitriles is 1. The van der Waals surface area contributed by atoms with Crippen LogP contribution in [0.5, 0.6) is 28.7 Å². The smallest absolute Gasteiger partial charge is 0.349 e. The second-order valence-corrected chi connectivity index (χ2v) is 9.03. The zero-order chi connectivity index (χ0) is 28.8. The standard InChI is InChI=1S/C32H25FN2O6/c1-37-29-15-21(7-14-27(29)39-18-20-5-3-2-4-6-20)31-25-13-12-24(16-28(25)41-32(35)26(31)17-34)40-30(36)19-38-23-10-8-22(33)9-11-23/h2-16,31H,18-19,35H2,1H3. The van der Waals surface area contributed by atoms with Gasteiger partial charge in [0.1, 0.15) is 41.3 Å².